The summed E-state index contributed by atoms with van der Waals surface area (Å²) in [5, 5.41) is 8.90. The highest BCUT2D eigenvalue weighted by Crippen LogP contribution is 2.60. The average Bonchev–Trinajstić information content (AvgIpc) is 3.23. The first-order valence-corrected chi connectivity index (χ1v) is 7.06. The van der Waals surface area contributed by atoms with Gasteiger partial charge in [-0.3, -0.25) is 4.79 Å². The van der Waals surface area contributed by atoms with Crippen molar-refractivity contribution in [1.82, 2.24) is 0 Å². The smallest absolute Gasteiger partial charge is 0.303 e. The molecule has 2 nitrogen and oxygen atoms in total. The van der Waals surface area contributed by atoms with E-state index >= 15 is 0 Å². The van der Waals surface area contributed by atoms with Gasteiger partial charge in [-0.05, 0) is 29.9 Å². The number of carbonyl (C=O) groups is 1. The van der Waals surface area contributed by atoms with Gasteiger partial charge in [0.2, 0.25) is 0 Å². The molecule has 1 aliphatic rings. The number of carboxylic acid groups (broad SMARTS) is 1. The van der Waals surface area contributed by atoms with E-state index in [0.29, 0.717) is 5.92 Å². The van der Waals surface area contributed by atoms with Crippen molar-refractivity contribution in [3.63, 3.8) is 0 Å². The van der Waals surface area contributed by atoms with Gasteiger partial charge in [-0.2, -0.15) is 0 Å². The molecule has 0 spiro atoms. The summed E-state index contributed by atoms with van der Waals surface area (Å²) in [7, 11) is 0. The predicted molar refractivity (Wildman–Crippen MR) is 78.6 cm³/mol. The number of carboxylic acids is 1. The molecule has 0 aromatic heterocycles. The highest BCUT2D eigenvalue weighted by atomic mass is 16.4. The fraction of sp³-hybridized carbons (Fsp3) is 0.278. The Morgan fingerprint density at radius 2 is 1.50 bits per heavy atom. The van der Waals surface area contributed by atoms with Crippen molar-refractivity contribution < 1.29 is 9.90 Å². The van der Waals surface area contributed by atoms with Gasteiger partial charge in [-0.1, -0.05) is 60.7 Å². The molecule has 0 radical (unpaired) electrons. The lowest BCUT2D eigenvalue weighted by molar-refractivity contribution is -0.137. The van der Waals surface area contributed by atoms with E-state index in [1.54, 1.807) is 0 Å². The molecule has 0 bridgehead atoms. The van der Waals surface area contributed by atoms with E-state index in [1.807, 2.05) is 12.1 Å². The van der Waals surface area contributed by atoms with Gasteiger partial charge >= 0.3 is 5.97 Å². The first kappa shape index (κ1) is 12.9. The Morgan fingerprint density at radius 1 is 1.00 bits per heavy atom. The summed E-state index contributed by atoms with van der Waals surface area (Å²) in [6.45, 7) is 0. The van der Waals surface area contributed by atoms with Gasteiger partial charge in [-0.25, -0.2) is 0 Å². The number of hydrogen-bond donors (Lipinski definition) is 1. The van der Waals surface area contributed by atoms with E-state index in [1.165, 1.54) is 11.1 Å². The minimum absolute atomic E-state index is 0.0258. The molecular formula is C18H18O2. The summed E-state index contributed by atoms with van der Waals surface area (Å²) in [5.74, 6) is -0.268. The Kier molecular flexibility index (Phi) is 3.31. The molecule has 3 rings (SSSR count). The fourth-order valence-corrected chi connectivity index (χ4v) is 3.32. The molecule has 20 heavy (non-hydrogen) atoms. The van der Waals surface area contributed by atoms with Crippen LogP contribution in [-0.4, -0.2) is 11.1 Å². The van der Waals surface area contributed by atoms with E-state index < -0.39 is 5.97 Å². The minimum atomic E-state index is -0.702. The van der Waals surface area contributed by atoms with Crippen LogP contribution < -0.4 is 0 Å². The second-order valence-electron chi connectivity index (χ2n) is 5.54. The van der Waals surface area contributed by atoms with Gasteiger partial charge < -0.3 is 5.11 Å². The molecule has 0 saturated heterocycles. The molecule has 1 aliphatic carbocycles. The standard InChI is InChI=1S/C18H18O2/c19-17(20)12-11-16-13-18(16,14-7-3-1-4-8-14)15-9-5-2-6-10-15/h1-10,16H,11-13H2,(H,19,20)/t16-/m1/s1. The molecule has 1 fully saturated rings. The summed E-state index contributed by atoms with van der Waals surface area (Å²) < 4.78 is 0. The van der Waals surface area contributed by atoms with Crippen molar-refractivity contribution in [3.05, 3.63) is 71.8 Å². The second kappa shape index (κ2) is 5.12. The van der Waals surface area contributed by atoms with E-state index in [0.717, 1.165) is 12.8 Å². The molecule has 0 heterocycles. The predicted octanol–water partition coefficient (Wildman–Crippen LogP) is 3.86. The number of hydrogen-bond acceptors (Lipinski definition) is 1. The highest BCUT2D eigenvalue weighted by Gasteiger charge is 2.55. The quantitative estimate of drug-likeness (QED) is 0.892. The molecule has 0 unspecified atom stereocenters. The van der Waals surface area contributed by atoms with Gasteiger partial charge in [0, 0.05) is 11.8 Å². The third-order valence-electron chi connectivity index (χ3n) is 4.39. The van der Waals surface area contributed by atoms with Crippen molar-refractivity contribution in [3.8, 4) is 0 Å². The zero-order chi connectivity index (χ0) is 14.0. The van der Waals surface area contributed by atoms with Crippen LogP contribution in [0, 0.1) is 5.92 Å². The lowest BCUT2D eigenvalue weighted by Gasteiger charge is -2.19. The van der Waals surface area contributed by atoms with Crippen LogP contribution in [0.25, 0.3) is 0 Å². The Bertz CT molecular complexity index is 550. The Hall–Kier alpha value is -2.09. The van der Waals surface area contributed by atoms with E-state index in [-0.39, 0.29) is 11.8 Å². The Morgan fingerprint density at radius 3 is 1.95 bits per heavy atom. The topological polar surface area (TPSA) is 37.3 Å². The van der Waals surface area contributed by atoms with Gasteiger partial charge in [0.15, 0.2) is 0 Å². The van der Waals surface area contributed by atoms with Gasteiger partial charge in [0.1, 0.15) is 0 Å². The van der Waals surface area contributed by atoms with Crippen LogP contribution in [0.15, 0.2) is 60.7 Å². The van der Waals surface area contributed by atoms with Crippen molar-refractivity contribution in [2.24, 2.45) is 5.92 Å². The first-order chi connectivity index (χ1) is 9.73. The van der Waals surface area contributed by atoms with Crippen LogP contribution in [0.1, 0.15) is 30.4 Å². The summed E-state index contributed by atoms with van der Waals surface area (Å²) in [6, 6.07) is 20.9. The molecule has 1 saturated carbocycles. The van der Waals surface area contributed by atoms with Crippen molar-refractivity contribution >= 4 is 5.97 Å². The lowest BCUT2D eigenvalue weighted by atomic mass is 9.85. The Balaban J connectivity index is 1.93. The monoisotopic (exact) mass is 266 g/mol. The normalized spacial score (nSPS) is 19.5. The second-order valence-corrected chi connectivity index (χ2v) is 5.54. The maximum atomic E-state index is 10.8. The van der Waals surface area contributed by atoms with E-state index in [4.69, 9.17) is 5.11 Å². The molecule has 1 N–H and O–H groups in total. The number of benzene rings is 2. The maximum Gasteiger partial charge on any atom is 0.303 e. The molecule has 0 aliphatic heterocycles. The fourth-order valence-electron chi connectivity index (χ4n) is 3.32. The minimum Gasteiger partial charge on any atom is -0.481 e. The van der Waals surface area contributed by atoms with Gasteiger partial charge in [0.05, 0.1) is 0 Å². The molecule has 0 amide bonds. The third kappa shape index (κ3) is 2.22. The molecule has 2 heteroatoms. The van der Waals surface area contributed by atoms with E-state index in [2.05, 4.69) is 48.5 Å². The van der Waals surface area contributed by atoms with Crippen molar-refractivity contribution in [1.29, 1.82) is 0 Å². The molecule has 2 aromatic rings. The van der Waals surface area contributed by atoms with Crippen molar-refractivity contribution in [2.45, 2.75) is 24.7 Å². The van der Waals surface area contributed by atoms with E-state index in [9.17, 15) is 4.79 Å². The third-order valence-corrected chi connectivity index (χ3v) is 4.39. The Labute approximate surface area is 119 Å². The van der Waals surface area contributed by atoms with Crippen molar-refractivity contribution in [2.75, 3.05) is 0 Å². The number of aliphatic carboxylic acids is 1. The zero-order valence-electron chi connectivity index (χ0n) is 11.3. The SMILES string of the molecule is O=C(O)CC[C@@H]1CC1(c1ccccc1)c1ccccc1. The molecule has 1 atom stereocenters. The van der Waals surface area contributed by atoms with Crippen LogP contribution in [0.2, 0.25) is 0 Å². The largest absolute Gasteiger partial charge is 0.481 e. The molecule has 2 aromatic carbocycles. The van der Waals surface area contributed by atoms with Crippen LogP contribution in [0.4, 0.5) is 0 Å². The van der Waals surface area contributed by atoms with Crippen LogP contribution in [0.5, 0.6) is 0 Å². The number of rotatable bonds is 5. The van der Waals surface area contributed by atoms with Crippen LogP contribution in [0.3, 0.4) is 0 Å². The molecular weight excluding hydrogens is 248 g/mol. The molecule has 102 valence electrons. The summed E-state index contributed by atoms with van der Waals surface area (Å²) in [6.07, 6.45) is 2.06. The first-order valence-electron chi connectivity index (χ1n) is 7.06. The lowest BCUT2D eigenvalue weighted by Crippen LogP contribution is -2.13. The zero-order valence-corrected chi connectivity index (χ0v) is 11.3. The van der Waals surface area contributed by atoms with Crippen LogP contribution >= 0.6 is 0 Å². The summed E-state index contributed by atoms with van der Waals surface area (Å²) in [5.41, 5.74) is 2.64. The summed E-state index contributed by atoms with van der Waals surface area (Å²) >= 11 is 0. The maximum absolute atomic E-state index is 10.8. The van der Waals surface area contributed by atoms with Gasteiger partial charge in [-0.15, -0.1) is 0 Å². The highest BCUT2D eigenvalue weighted by molar-refractivity contribution is 5.67. The van der Waals surface area contributed by atoms with Crippen LogP contribution in [-0.2, 0) is 10.2 Å². The summed E-state index contributed by atoms with van der Waals surface area (Å²) in [4.78, 5) is 10.8. The van der Waals surface area contributed by atoms with Gasteiger partial charge in [0.25, 0.3) is 0 Å². The average molecular weight is 266 g/mol.